The maximum Gasteiger partial charge on any atom is 0.341 e. The highest BCUT2D eigenvalue weighted by Gasteiger charge is 2.54. The standard InChI is InChI=1S/C23H32N2O3S.ClH/c1-3-25-6-5-17-18(13-25)29-20(19(17)21(26)28-4-2)24-22(27)23-10-14-7-15(11-23)9-16(8-14)12-23;/h14-16H,3-13H2,1-2H3,(H,24,27);1H. The number of esters is 1. The average molecular weight is 453 g/mol. The fourth-order valence-electron chi connectivity index (χ4n) is 6.86. The number of likely N-dealkylation sites (N-methyl/N-ethyl adjacent to an activating group) is 1. The van der Waals surface area contributed by atoms with Crippen LogP contribution in [0.1, 0.15) is 73.2 Å². The van der Waals surface area contributed by atoms with Crippen LogP contribution in [0.25, 0.3) is 0 Å². The van der Waals surface area contributed by atoms with Crippen molar-refractivity contribution in [2.75, 3.05) is 25.0 Å². The first-order valence-corrected chi connectivity index (χ1v) is 12.2. The maximum absolute atomic E-state index is 13.6. The van der Waals surface area contributed by atoms with E-state index in [-0.39, 0.29) is 29.7 Å². The lowest BCUT2D eigenvalue weighted by atomic mass is 9.49. The van der Waals surface area contributed by atoms with Gasteiger partial charge in [0.1, 0.15) is 5.00 Å². The zero-order valence-corrected chi connectivity index (χ0v) is 19.6. The molecule has 1 aliphatic heterocycles. The summed E-state index contributed by atoms with van der Waals surface area (Å²) < 4.78 is 5.38. The molecule has 0 aromatic carbocycles. The van der Waals surface area contributed by atoms with E-state index in [9.17, 15) is 9.59 Å². The van der Waals surface area contributed by atoms with Gasteiger partial charge in [-0.25, -0.2) is 4.79 Å². The Morgan fingerprint density at radius 3 is 2.33 bits per heavy atom. The molecule has 2 heterocycles. The van der Waals surface area contributed by atoms with Crippen LogP contribution in [0.4, 0.5) is 5.00 Å². The van der Waals surface area contributed by atoms with Gasteiger partial charge in [0.05, 0.1) is 17.6 Å². The lowest BCUT2D eigenvalue weighted by molar-refractivity contribution is -0.140. The Balaban J connectivity index is 0.00000218. The first-order valence-electron chi connectivity index (χ1n) is 11.4. The van der Waals surface area contributed by atoms with Crippen LogP contribution in [0.2, 0.25) is 0 Å². The Hall–Kier alpha value is -1.11. The smallest absolute Gasteiger partial charge is 0.341 e. The highest BCUT2D eigenvalue weighted by molar-refractivity contribution is 7.17. The molecule has 0 atom stereocenters. The van der Waals surface area contributed by atoms with Crippen molar-refractivity contribution in [2.24, 2.45) is 23.2 Å². The van der Waals surface area contributed by atoms with Crippen LogP contribution in [-0.2, 0) is 22.5 Å². The Morgan fingerprint density at radius 2 is 1.77 bits per heavy atom. The number of fused-ring (bicyclic) bond motifs is 1. The highest BCUT2D eigenvalue weighted by Crippen LogP contribution is 2.60. The summed E-state index contributed by atoms with van der Waals surface area (Å²) in [7, 11) is 0. The number of amides is 1. The zero-order valence-electron chi connectivity index (χ0n) is 18.0. The predicted molar refractivity (Wildman–Crippen MR) is 121 cm³/mol. The van der Waals surface area contributed by atoms with E-state index >= 15 is 0 Å². The molecule has 4 bridgehead atoms. The second kappa shape index (κ2) is 8.44. The minimum Gasteiger partial charge on any atom is -0.462 e. The summed E-state index contributed by atoms with van der Waals surface area (Å²) in [5.74, 6) is 2.06. The summed E-state index contributed by atoms with van der Waals surface area (Å²) in [6.07, 6.45) is 7.92. The van der Waals surface area contributed by atoms with Crippen molar-refractivity contribution in [3.05, 3.63) is 16.0 Å². The van der Waals surface area contributed by atoms with Crippen LogP contribution in [0.15, 0.2) is 0 Å². The van der Waals surface area contributed by atoms with Crippen molar-refractivity contribution in [3.63, 3.8) is 0 Å². The van der Waals surface area contributed by atoms with Crippen molar-refractivity contribution in [1.82, 2.24) is 4.90 Å². The molecule has 5 aliphatic rings. The van der Waals surface area contributed by atoms with Crippen molar-refractivity contribution >= 4 is 40.6 Å². The Bertz CT molecular complexity index is 801. The molecule has 4 fully saturated rings. The van der Waals surface area contributed by atoms with Gasteiger partial charge >= 0.3 is 5.97 Å². The Kier molecular flexibility index (Phi) is 6.21. The van der Waals surface area contributed by atoms with Crippen LogP contribution < -0.4 is 5.32 Å². The van der Waals surface area contributed by atoms with Crippen LogP contribution in [0.5, 0.6) is 0 Å². The van der Waals surface area contributed by atoms with Gasteiger partial charge in [0.25, 0.3) is 0 Å². The number of ether oxygens (including phenoxy) is 1. The van der Waals surface area contributed by atoms with Crippen molar-refractivity contribution in [3.8, 4) is 0 Å². The van der Waals surface area contributed by atoms with Gasteiger partial charge in [-0.05, 0) is 81.7 Å². The molecule has 0 saturated heterocycles. The van der Waals surface area contributed by atoms with E-state index in [1.807, 2.05) is 6.92 Å². The fraction of sp³-hybridized carbons (Fsp3) is 0.739. The van der Waals surface area contributed by atoms with Gasteiger partial charge in [-0.3, -0.25) is 9.69 Å². The molecule has 166 valence electrons. The predicted octanol–water partition coefficient (Wildman–Crippen LogP) is 4.88. The van der Waals surface area contributed by atoms with E-state index in [0.717, 1.165) is 73.6 Å². The molecule has 4 saturated carbocycles. The molecule has 5 nitrogen and oxygen atoms in total. The van der Waals surface area contributed by atoms with Crippen LogP contribution in [0, 0.1) is 23.2 Å². The number of carbonyl (C=O) groups is 2. The fourth-order valence-corrected chi connectivity index (χ4v) is 8.13. The first kappa shape index (κ1) is 22.1. The molecular formula is C23H33ClN2O3S. The lowest BCUT2D eigenvalue weighted by Gasteiger charge is -2.55. The number of nitrogens with one attached hydrogen (secondary N) is 1. The van der Waals surface area contributed by atoms with E-state index in [4.69, 9.17) is 4.74 Å². The summed E-state index contributed by atoms with van der Waals surface area (Å²) in [6.45, 7) is 7.17. The van der Waals surface area contributed by atoms with E-state index in [2.05, 4.69) is 17.1 Å². The minimum absolute atomic E-state index is 0. The van der Waals surface area contributed by atoms with Gasteiger partial charge in [0, 0.05) is 18.0 Å². The normalized spacial score (nSPS) is 31.7. The summed E-state index contributed by atoms with van der Waals surface area (Å²) in [5, 5.41) is 3.99. The number of anilines is 1. The minimum atomic E-state index is -0.282. The van der Waals surface area contributed by atoms with Crippen molar-refractivity contribution < 1.29 is 14.3 Å². The molecule has 1 aromatic heterocycles. The van der Waals surface area contributed by atoms with E-state index in [1.54, 1.807) is 11.3 Å². The number of carbonyl (C=O) groups excluding carboxylic acids is 2. The van der Waals surface area contributed by atoms with Crippen molar-refractivity contribution in [2.45, 2.75) is 65.3 Å². The number of rotatable bonds is 5. The zero-order chi connectivity index (χ0) is 20.2. The molecule has 6 rings (SSSR count). The van der Waals surface area contributed by atoms with Gasteiger partial charge < -0.3 is 10.1 Å². The molecule has 0 spiro atoms. The molecule has 7 heteroatoms. The van der Waals surface area contributed by atoms with Gasteiger partial charge in [-0.1, -0.05) is 6.92 Å². The van der Waals surface area contributed by atoms with E-state index in [1.165, 1.54) is 24.1 Å². The third-order valence-corrected chi connectivity index (χ3v) is 8.94. The summed E-state index contributed by atoms with van der Waals surface area (Å²) in [6, 6.07) is 0. The lowest BCUT2D eigenvalue weighted by Crippen LogP contribution is -2.51. The molecule has 1 amide bonds. The molecule has 0 unspecified atom stereocenters. The highest BCUT2D eigenvalue weighted by atomic mass is 35.5. The van der Waals surface area contributed by atoms with Gasteiger partial charge in [-0.2, -0.15) is 0 Å². The number of hydrogen-bond donors (Lipinski definition) is 1. The second-order valence-corrected chi connectivity index (χ2v) is 10.8. The van der Waals surface area contributed by atoms with Crippen LogP contribution in [-0.4, -0.2) is 36.5 Å². The molecule has 0 radical (unpaired) electrons. The summed E-state index contributed by atoms with van der Waals surface area (Å²) in [4.78, 5) is 30.0. The Labute approximate surface area is 189 Å². The first-order chi connectivity index (χ1) is 14.0. The quantitative estimate of drug-likeness (QED) is 0.647. The number of hydrogen-bond acceptors (Lipinski definition) is 5. The van der Waals surface area contributed by atoms with Gasteiger partial charge in [-0.15, -0.1) is 23.7 Å². The van der Waals surface area contributed by atoms with Crippen LogP contribution >= 0.6 is 23.7 Å². The van der Waals surface area contributed by atoms with Crippen molar-refractivity contribution in [1.29, 1.82) is 0 Å². The average Bonchev–Trinajstić information content (AvgIpc) is 3.04. The summed E-state index contributed by atoms with van der Waals surface area (Å²) in [5.41, 5.74) is 1.51. The molecule has 1 N–H and O–H groups in total. The second-order valence-electron chi connectivity index (χ2n) is 9.70. The van der Waals surface area contributed by atoms with E-state index in [0.29, 0.717) is 12.2 Å². The third-order valence-electron chi connectivity index (χ3n) is 7.81. The molecule has 1 aromatic rings. The molecule has 4 aliphatic carbocycles. The maximum atomic E-state index is 13.6. The monoisotopic (exact) mass is 452 g/mol. The number of nitrogens with zero attached hydrogens (tertiary/aromatic N) is 1. The topological polar surface area (TPSA) is 58.6 Å². The van der Waals surface area contributed by atoms with Crippen LogP contribution in [0.3, 0.4) is 0 Å². The molecule has 30 heavy (non-hydrogen) atoms. The SMILES string of the molecule is CCOC(=O)c1c(NC(=O)C23CC4CC(CC(C4)C2)C3)sc2c1CCN(CC)C2.Cl. The largest absolute Gasteiger partial charge is 0.462 e. The molecular weight excluding hydrogens is 420 g/mol. The Morgan fingerprint density at radius 1 is 1.13 bits per heavy atom. The number of thiophene rings is 1. The summed E-state index contributed by atoms with van der Waals surface area (Å²) >= 11 is 1.59. The number of halogens is 1. The third kappa shape index (κ3) is 3.69. The van der Waals surface area contributed by atoms with Gasteiger partial charge in [0.15, 0.2) is 0 Å². The van der Waals surface area contributed by atoms with Gasteiger partial charge in [0.2, 0.25) is 5.91 Å². The van der Waals surface area contributed by atoms with E-state index < -0.39 is 0 Å².